The molecule has 0 aromatic heterocycles. The smallest absolute Gasteiger partial charge is 0.184 e. The van der Waals surface area contributed by atoms with E-state index in [4.69, 9.17) is 18.0 Å². The molecule has 0 radical (unpaired) electrons. The lowest BCUT2D eigenvalue weighted by Crippen LogP contribution is -2.30. The summed E-state index contributed by atoms with van der Waals surface area (Å²) in [4.78, 5) is 0. The second-order valence-electron chi connectivity index (χ2n) is 5.82. The monoisotopic (exact) mass is 255 g/mol. The normalized spacial score (nSPS) is 19.1. The quantitative estimate of drug-likeness (QED) is 0.461. The van der Waals surface area contributed by atoms with Crippen molar-refractivity contribution in [1.29, 1.82) is 0 Å². The van der Waals surface area contributed by atoms with Crippen LogP contribution in [0.3, 0.4) is 0 Å². The predicted octanol–water partition coefficient (Wildman–Crippen LogP) is 3.19. The first-order valence-corrected chi connectivity index (χ1v) is 6.91. The zero-order valence-corrected chi connectivity index (χ0v) is 12.1. The number of thiocarbonyl (C=S) groups is 1. The summed E-state index contributed by atoms with van der Waals surface area (Å²) in [6, 6.07) is 0. The highest BCUT2D eigenvalue weighted by atomic mass is 32.1. The van der Waals surface area contributed by atoms with E-state index >= 15 is 0 Å². The van der Waals surface area contributed by atoms with Gasteiger partial charge in [-0.3, -0.25) is 5.43 Å². The maximum absolute atomic E-state index is 5.36. The van der Waals surface area contributed by atoms with Gasteiger partial charge >= 0.3 is 0 Å². The van der Waals surface area contributed by atoms with Crippen LogP contribution in [0.5, 0.6) is 0 Å². The van der Waals surface area contributed by atoms with Crippen LogP contribution in [0.4, 0.5) is 0 Å². The predicted molar refractivity (Wildman–Crippen MR) is 78.0 cm³/mol. The van der Waals surface area contributed by atoms with Crippen LogP contribution in [-0.4, -0.2) is 10.8 Å². The van der Waals surface area contributed by atoms with Gasteiger partial charge in [0, 0.05) is 5.71 Å². The summed E-state index contributed by atoms with van der Waals surface area (Å²) in [6.07, 6.45) is 7.91. The first-order valence-electron chi connectivity index (χ1n) is 6.50. The van der Waals surface area contributed by atoms with Gasteiger partial charge in [-0.05, 0) is 49.7 Å². The van der Waals surface area contributed by atoms with E-state index < -0.39 is 0 Å². The lowest BCUT2D eigenvalue weighted by atomic mass is 9.69. The molecule has 17 heavy (non-hydrogen) atoms. The summed E-state index contributed by atoms with van der Waals surface area (Å²) in [7, 11) is 0. The minimum absolute atomic E-state index is 0.236. The Hall–Kier alpha value is -0.640. The molecule has 0 aromatic rings. The number of hydrogen-bond acceptors (Lipinski definition) is 2. The van der Waals surface area contributed by atoms with Gasteiger partial charge in [0.1, 0.15) is 0 Å². The molecule has 0 amide bonds. The van der Waals surface area contributed by atoms with E-state index in [0.717, 1.165) is 18.1 Å². The van der Waals surface area contributed by atoms with Crippen LogP contribution in [0.1, 0.15) is 59.3 Å². The SMILES string of the molecule is C/C(CC(C)(C)C1CCCCC1)=N/NC(N)=S. The Kier molecular flexibility index (Phi) is 5.37. The van der Waals surface area contributed by atoms with Crippen molar-refractivity contribution >= 4 is 23.0 Å². The van der Waals surface area contributed by atoms with Crippen LogP contribution in [0, 0.1) is 11.3 Å². The maximum Gasteiger partial charge on any atom is 0.184 e. The third-order valence-electron chi connectivity index (χ3n) is 3.78. The van der Waals surface area contributed by atoms with Crippen molar-refractivity contribution in [3.05, 3.63) is 0 Å². The minimum Gasteiger partial charge on any atom is -0.375 e. The first-order chi connectivity index (χ1) is 7.92. The number of nitrogens with zero attached hydrogens (tertiary/aromatic N) is 1. The highest BCUT2D eigenvalue weighted by Crippen LogP contribution is 2.40. The number of hydrogen-bond donors (Lipinski definition) is 2. The molecule has 0 unspecified atom stereocenters. The Morgan fingerprint density at radius 2 is 1.94 bits per heavy atom. The average Bonchev–Trinajstić information content (AvgIpc) is 2.27. The van der Waals surface area contributed by atoms with E-state index in [1.54, 1.807) is 0 Å². The molecule has 0 atom stereocenters. The van der Waals surface area contributed by atoms with Gasteiger partial charge < -0.3 is 5.73 Å². The summed E-state index contributed by atoms with van der Waals surface area (Å²) < 4.78 is 0. The van der Waals surface area contributed by atoms with Gasteiger partial charge in [0.2, 0.25) is 0 Å². The van der Waals surface area contributed by atoms with Crippen LogP contribution >= 0.6 is 12.2 Å². The molecular weight excluding hydrogens is 230 g/mol. The Morgan fingerprint density at radius 1 is 1.35 bits per heavy atom. The molecule has 1 fully saturated rings. The molecule has 0 heterocycles. The van der Waals surface area contributed by atoms with Gasteiger partial charge in [-0.15, -0.1) is 0 Å². The Balaban J connectivity index is 2.52. The maximum atomic E-state index is 5.36. The van der Waals surface area contributed by atoms with Crippen molar-refractivity contribution in [2.45, 2.75) is 59.3 Å². The molecule has 3 nitrogen and oxygen atoms in total. The molecule has 4 heteroatoms. The third kappa shape index (κ3) is 5.02. The molecule has 1 rings (SSSR count). The molecule has 0 spiro atoms. The first kappa shape index (κ1) is 14.4. The van der Waals surface area contributed by atoms with E-state index in [1.807, 2.05) is 6.92 Å². The van der Waals surface area contributed by atoms with Gasteiger partial charge in [-0.25, -0.2) is 0 Å². The summed E-state index contributed by atoms with van der Waals surface area (Å²) >= 11 is 4.74. The fourth-order valence-electron chi connectivity index (χ4n) is 2.88. The van der Waals surface area contributed by atoms with E-state index in [0.29, 0.717) is 5.41 Å². The van der Waals surface area contributed by atoms with Crippen LogP contribution in [0.25, 0.3) is 0 Å². The lowest BCUT2D eigenvalue weighted by molar-refractivity contribution is 0.166. The van der Waals surface area contributed by atoms with E-state index in [9.17, 15) is 0 Å². The lowest BCUT2D eigenvalue weighted by Gasteiger charge is -2.37. The molecule has 0 bridgehead atoms. The van der Waals surface area contributed by atoms with Gasteiger partial charge in [0.15, 0.2) is 5.11 Å². The van der Waals surface area contributed by atoms with Crippen LogP contribution in [-0.2, 0) is 0 Å². The van der Waals surface area contributed by atoms with Crippen molar-refractivity contribution in [1.82, 2.24) is 5.43 Å². The molecule has 1 aliphatic rings. The van der Waals surface area contributed by atoms with Crippen molar-refractivity contribution < 1.29 is 0 Å². The van der Waals surface area contributed by atoms with Gasteiger partial charge in [-0.2, -0.15) is 5.10 Å². The highest BCUT2D eigenvalue weighted by molar-refractivity contribution is 7.80. The van der Waals surface area contributed by atoms with Crippen molar-refractivity contribution in [3.63, 3.8) is 0 Å². The second-order valence-corrected chi connectivity index (χ2v) is 6.26. The summed E-state index contributed by atoms with van der Waals surface area (Å²) in [5.41, 5.74) is 9.43. The van der Waals surface area contributed by atoms with Gasteiger partial charge in [0.25, 0.3) is 0 Å². The number of hydrazone groups is 1. The standard InChI is InChI=1S/C13H25N3S/c1-10(15-16-12(14)17)9-13(2,3)11-7-5-4-6-8-11/h11H,4-9H2,1-3H3,(H3,14,16,17)/b15-10-. The van der Waals surface area contributed by atoms with E-state index in [2.05, 4.69) is 24.4 Å². The summed E-state index contributed by atoms with van der Waals surface area (Å²) in [5, 5.41) is 4.44. The third-order valence-corrected chi connectivity index (χ3v) is 3.87. The highest BCUT2D eigenvalue weighted by Gasteiger charge is 2.30. The minimum atomic E-state index is 0.236. The Bertz CT molecular complexity index is 291. The molecule has 3 N–H and O–H groups in total. The molecule has 0 saturated heterocycles. The van der Waals surface area contributed by atoms with E-state index in [1.165, 1.54) is 32.1 Å². The van der Waals surface area contributed by atoms with Gasteiger partial charge in [-0.1, -0.05) is 33.1 Å². The molecule has 1 aliphatic carbocycles. The summed E-state index contributed by atoms with van der Waals surface area (Å²) in [6.45, 7) is 6.74. The van der Waals surface area contributed by atoms with Crippen LogP contribution in [0.2, 0.25) is 0 Å². The molecule has 1 saturated carbocycles. The molecule has 0 aliphatic heterocycles. The largest absolute Gasteiger partial charge is 0.375 e. The van der Waals surface area contributed by atoms with Crippen LogP contribution in [0.15, 0.2) is 5.10 Å². The number of nitrogens with one attached hydrogen (secondary N) is 1. The zero-order valence-electron chi connectivity index (χ0n) is 11.3. The topological polar surface area (TPSA) is 50.4 Å². The second kappa shape index (κ2) is 6.34. The number of nitrogens with two attached hydrogens (primary N) is 1. The molecule has 0 aromatic carbocycles. The fourth-order valence-corrected chi connectivity index (χ4v) is 2.92. The van der Waals surface area contributed by atoms with E-state index in [-0.39, 0.29) is 5.11 Å². The summed E-state index contributed by atoms with van der Waals surface area (Å²) in [5.74, 6) is 0.825. The molecular formula is C13H25N3S. The number of rotatable bonds is 4. The van der Waals surface area contributed by atoms with Crippen molar-refractivity contribution in [3.8, 4) is 0 Å². The van der Waals surface area contributed by atoms with Crippen LogP contribution < -0.4 is 11.2 Å². The average molecular weight is 255 g/mol. The fraction of sp³-hybridized carbons (Fsp3) is 0.846. The molecule has 98 valence electrons. The Morgan fingerprint density at radius 3 is 2.47 bits per heavy atom. The van der Waals surface area contributed by atoms with Crippen molar-refractivity contribution in [2.75, 3.05) is 0 Å². The van der Waals surface area contributed by atoms with Crippen molar-refractivity contribution in [2.24, 2.45) is 22.2 Å². The van der Waals surface area contributed by atoms with Gasteiger partial charge in [0.05, 0.1) is 0 Å². The Labute approximate surface area is 110 Å². The zero-order chi connectivity index (χ0) is 12.9.